The van der Waals surface area contributed by atoms with Crippen LogP contribution in [0.3, 0.4) is 0 Å². The summed E-state index contributed by atoms with van der Waals surface area (Å²) in [4.78, 5) is 32.4. The van der Waals surface area contributed by atoms with Crippen molar-refractivity contribution in [3.8, 4) is 5.75 Å². The minimum Gasteiger partial charge on any atom is -0.497 e. The molecule has 1 saturated heterocycles. The molecular weight excluding hydrogens is 348 g/mol. The zero-order valence-electron chi connectivity index (χ0n) is 15.7. The highest BCUT2D eigenvalue weighted by Gasteiger charge is 2.24. The Bertz CT molecular complexity index is 779. The number of methoxy groups -OCH3 is 1. The van der Waals surface area contributed by atoms with Gasteiger partial charge in [0.25, 0.3) is 0 Å². The Kier molecular flexibility index (Phi) is 6.05. The van der Waals surface area contributed by atoms with E-state index in [1.165, 1.54) is 0 Å². The number of aryl methyl sites for hydroxylation is 2. The van der Waals surface area contributed by atoms with Gasteiger partial charge in [-0.2, -0.15) is 4.98 Å². The summed E-state index contributed by atoms with van der Waals surface area (Å²) in [5, 5.41) is 3.75. The van der Waals surface area contributed by atoms with E-state index in [2.05, 4.69) is 10.1 Å². The molecule has 1 aliphatic rings. The predicted molar refractivity (Wildman–Crippen MR) is 97.2 cm³/mol. The monoisotopic (exact) mass is 372 g/mol. The Morgan fingerprint density at radius 1 is 1.07 bits per heavy atom. The second-order valence-electron chi connectivity index (χ2n) is 6.52. The van der Waals surface area contributed by atoms with Gasteiger partial charge in [0.15, 0.2) is 5.82 Å². The van der Waals surface area contributed by atoms with Crippen molar-refractivity contribution in [2.45, 2.75) is 26.2 Å². The standard InChI is InChI=1S/C19H24N4O4/c1-14-20-17(21-27-14)13-19(25)23-11-9-22(10-12-23)18(24)8-5-15-3-6-16(26-2)7-4-15/h3-4,6-7H,5,8-13H2,1-2H3. The average Bonchev–Trinajstić information content (AvgIpc) is 3.11. The summed E-state index contributed by atoms with van der Waals surface area (Å²) in [6, 6.07) is 7.75. The first-order valence-electron chi connectivity index (χ1n) is 9.03. The molecule has 2 aromatic rings. The normalized spacial score (nSPS) is 14.3. The summed E-state index contributed by atoms with van der Waals surface area (Å²) in [5.74, 6) is 1.73. The first-order valence-corrected chi connectivity index (χ1v) is 9.03. The Hall–Kier alpha value is -2.90. The first-order chi connectivity index (χ1) is 13.0. The molecule has 1 aliphatic heterocycles. The zero-order chi connectivity index (χ0) is 19.2. The van der Waals surface area contributed by atoms with E-state index in [1.54, 1.807) is 18.9 Å². The van der Waals surface area contributed by atoms with Crippen LogP contribution in [-0.4, -0.2) is 65.0 Å². The number of carbonyl (C=O) groups excluding carboxylic acids is 2. The van der Waals surface area contributed by atoms with Gasteiger partial charge in [-0.25, -0.2) is 0 Å². The van der Waals surface area contributed by atoms with Crippen molar-refractivity contribution in [3.05, 3.63) is 41.5 Å². The van der Waals surface area contributed by atoms with Gasteiger partial charge in [-0.3, -0.25) is 9.59 Å². The average molecular weight is 372 g/mol. The van der Waals surface area contributed by atoms with Crippen molar-refractivity contribution < 1.29 is 18.8 Å². The van der Waals surface area contributed by atoms with Gasteiger partial charge in [0.1, 0.15) is 5.75 Å². The molecule has 8 heteroatoms. The van der Waals surface area contributed by atoms with E-state index in [9.17, 15) is 9.59 Å². The summed E-state index contributed by atoms with van der Waals surface area (Å²) in [6.07, 6.45) is 1.28. The summed E-state index contributed by atoms with van der Waals surface area (Å²) >= 11 is 0. The molecule has 0 bridgehead atoms. The number of hydrogen-bond acceptors (Lipinski definition) is 6. The molecule has 0 spiro atoms. The topological polar surface area (TPSA) is 88.8 Å². The maximum atomic E-state index is 12.4. The first kappa shape index (κ1) is 18.9. The summed E-state index contributed by atoms with van der Waals surface area (Å²) in [5.41, 5.74) is 1.10. The summed E-state index contributed by atoms with van der Waals surface area (Å²) < 4.78 is 10.0. The molecule has 27 heavy (non-hydrogen) atoms. The van der Waals surface area contributed by atoms with Crippen LogP contribution in [0.1, 0.15) is 23.7 Å². The lowest BCUT2D eigenvalue weighted by atomic mass is 10.1. The van der Waals surface area contributed by atoms with Gasteiger partial charge in [0.2, 0.25) is 17.7 Å². The second kappa shape index (κ2) is 8.66. The van der Waals surface area contributed by atoms with E-state index < -0.39 is 0 Å². The fraction of sp³-hybridized carbons (Fsp3) is 0.474. The van der Waals surface area contributed by atoms with Crippen LogP contribution >= 0.6 is 0 Å². The number of benzene rings is 1. The predicted octanol–water partition coefficient (Wildman–Crippen LogP) is 1.23. The molecule has 0 aliphatic carbocycles. The molecule has 8 nitrogen and oxygen atoms in total. The Labute approximate surface area is 158 Å². The van der Waals surface area contributed by atoms with E-state index in [0.29, 0.717) is 50.7 Å². The number of aromatic nitrogens is 2. The van der Waals surface area contributed by atoms with Crippen LogP contribution in [0.15, 0.2) is 28.8 Å². The molecule has 3 rings (SSSR count). The maximum absolute atomic E-state index is 12.4. The molecule has 1 aromatic heterocycles. The smallest absolute Gasteiger partial charge is 0.230 e. The van der Waals surface area contributed by atoms with E-state index in [-0.39, 0.29) is 18.2 Å². The van der Waals surface area contributed by atoms with Gasteiger partial charge in [-0.05, 0) is 24.1 Å². The number of ether oxygens (including phenoxy) is 1. The SMILES string of the molecule is COc1ccc(CCC(=O)N2CCN(C(=O)Cc3noc(C)n3)CC2)cc1. The van der Waals surface area contributed by atoms with Crippen molar-refractivity contribution >= 4 is 11.8 Å². The van der Waals surface area contributed by atoms with E-state index in [4.69, 9.17) is 9.26 Å². The third kappa shape index (κ3) is 5.06. The highest BCUT2D eigenvalue weighted by atomic mass is 16.5. The largest absolute Gasteiger partial charge is 0.497 e. The molecule has 0 unspecified atom stereocenters. The van der Waals surface area contributed by atoms with Gasteiger partial charge in [0, 0.05) is 39.5 Å². The highest BCUT2D eigenvalue weighted by molar-refractivity contribution is 5.79. The summed E-state index contributed by atoms with van der Waals surface area (Å²) in [7, 11) is 1.63. The number of piperazine rings is 1. The van der Waals surface area contributed by atoms with Crippen LogP contribution in [0.5, 0.6) is 5.75 Å². The molecular formula is C19H24N4O4. The Morgan fingerprint density at radius 2 is 1.70 bits per heavy atom. The zero-order valence-corrected chi connectivity index (χ0v) is 15.7. The van der Waals surface area contributed by atoms with Crippen molar-refractivity contribution in [2.75, 3.05) is 33.3 Å². The third-order valence-corrected chi connectivity index (χ3v) is 4.65. The number of rotatable bonds is 6. The molecule has 1 fully saturated rings. The highest BCUT2D eigenvalue weighted by Crippen LogP contribution is 2.14. The molecule has 2 amide bonds. The molecule has 1 aromatic carbocycles. The quantitative estimate of drug-likeness (QED) is 0.758. The molecule has 0 saturated carbocycles. The number of carbonyl (C=O) groups is 2. The fourth-order valence-corrected chi connectivity index (χ4v) is 3.07. The van der Waals surface area contributed by atoms with Crippen LogP contribution < -0.4 is 4.74 Å². The molecule has 0 radical (unpaired) electrons. The molecule has 0 atom stereocenters. The minimum absolute atomic E-state index is 0.0406. The van der Waals surface area contributed by atoms with Crippen LogP contribution in [0, 0.1) is 6.92 Å². The fourth-order valence-electron chi connectivity index (χ4n) is 3.07. The third-order valence-electron chi connectivity index (χ3n) is 4.65. The number of amides is 2. The van der Waals surface area contributed by atoms with Gasteiger partial charge >= 0.3 is 0 Å². The van der Waals surface area contributed by atoms with E-state index in [0.717, 1.165) is 11.3 Å². The molecule has 144 valence electrons. The van der Waals surface area contributed by atoms with Crippen LogP contribution in [-0.2, 0) is 22.4 Å². The lowest BCUT2D eigenvalue weighted by Gasteiger charge is -2.34. The van der Waals surface area contributed by atoms with Crippen LogP contribution in [0.25, 0.3) is 0 Å². The van der Waals surface area contributed by atoms with Gasteiger partial charge in [-0.15, -0.1) is 0 Å². The van der Waals surface area contributed by atoms with Crippen molar-refractivity contribution in [3.63, 3.8) is 0 Å². The van der Waals surface area contributed by atoms with Crippen molar-refractivity contribution in [1.29, 1.82) is 0 Å². The lowest BCUT2D eigenvalue weighted by molar-refractivity contribution is -0.139. The van der Waals surface area contributed by atoms with Crippen molar-refractivity contribution in [2.24, 2.45) is 0 Å². The maximum Gasteiger partial charge on any atom is 0.230 e. The number of nitrogens with zero attached hydrogens (tertiary/aromatic N) is 4. The minimum atomic E-state index is -0.0406. The lowest BCUT2D eigenvalue weighted by Crippen LogP contribution is -2.51. The number of hydrogen-bond donors (Lipinski definition) is 0. The van der Waals surface area contributed by atoms with E-state index >= 15 is 0 Å². The Balaban J connectivity index is 1.42. The van der Waals surface area contributed by atoms with Gasteiger partial charge < -0.3 is 19.1 Å². The molecule has 0 N–H and O–H groups in total. The van der Waals surface area contributed by atoms with Crippen LogP contribution in [0.4, 0.5) is 0 Å². The Morgan fingerprint density at radius 3 is 2.26 bits per heavy atom. The van der Waals surface area contributed by atoms with Crippen molar-refractivity contribution in [1.82, 2.24) is 19.9 Å². The van der Waals surface area contributed by atoms with Crippen LogP contribution in [0.2, 0.25) is 0 Å². The second-order valence-corrected chi connectivity index (χ2v) is 6.52. The van der Waals surface area contributed by atoms with Gasteiger partial charge in [-0.1, -0.05) is 17.3 Å². The molecule has 2 heterocycles. The van der Waals surface area contributed by atoms with Gasteiger partial charge in [0.05, 0.1) is 13.5 Å². The summed E-state index contributed by atoms with van der Waals surface area (Å²) in [6.45, 7) is 3.86. The van der Waals surface area contributed by atoms with E-state index in [1.807, 2.05) is 29.2 Å².